The maximum atomic E-state index is 12.4. The number of anilines is 1. The summed E-state index contributed by atoms with van der Waals surface area (Å²) in [5, 5.41) is 7.18. The zero-order valence-corrected chi connectivity index (χ0v) is 11.9. The zero-order chi connectivity index (χ0) is 14.4. The molecule has 2 amide bonds. The van der Waals surface area contributed by atoms with E-state index in [1.54, 1.807) is 24.3 Å². The van der Waals surface area contributed by atoms with Crippen LogP contribution in [0, 0.1) is 0 Å². The normalized spacial score (nSPS) is 10.6. The smallest absolute Gasteiger partial charge is 0.319 e. The van der Waals surface area contributed by atoms with Crippen molar-refractivity contribution in [2.45, 2.75) is 17.2 Å². The van der Waals surface area contributed by atoms with Crippen LogP contribution in [0.5, 0.6) is 0 Å². The number of para-hydroxylation sites is 1. The van der Waals surface area contributed by atoms with Gasteiger partial charge in [-0.1, -0.05) is 30.0 Å². The van der Waals surface area contributed by atoms with E-state index in [-0.39, 0.29) is 0 Å². The van der Waals surface area contributed by atoms with Crippen molar-refractivity contribution < 1.29 is 13.6 Å². The van der Waals surface area contributed by atoms with Gasteiger partial charge in [0.2, 0.25) is 0 Å². The van der Waals surface area contributed by atoms with Crippen LogP contribution < -0.4 is 10.6 Å². The Hall–Kier alpha value is -1.60. The quantitative estimate of drug-likeness (QED) is 0.804. The average Bonchev–Trinajstić information content (AvgIpc) is 2.91. The van der Waals surface area contributed by atoms with Gasteiger partial charge in [0.15, 0.2) is 0 Å². The first-order valence-electron chi connectivity index (χ1n) is 5.76. The molecule has 0 atom stereocenters. The highest BCUT2D eigenvalue weighted by Crippen LogP contribution is 2.31. The van der Waals surface area contributed by atoms with Crippen molar-refractivity contribution in [3.63, 3.8) is 0 Å². The van der Waals surface area contributed by atoms with E-state index in [1.165, 1.54) is 11.3 Å². The van der Waals surface area contributed by atoms with Crippen LogP contribution in [0.2, 0.25) is 0 Å². The number of halogens is 2. The lowest BCUT2D eigenvalue weighted by Gasteiger charge is -2.10. The molecule has 7 heteroatoms. The molecule has 106 valence electrons. The maximum absolute atomic E-state index is 12.4. The molecule has 1 heterocycles. The van der Waals surface area contributed by atoms with Gasteiger partial charge in [-0.3, -0.25) is 0 Å². The molecular formula is C13H12F2N2OS2. The van der Waals surface area contributed by atoms with Gasteiger partial charge in [-0.05, 0) is 23.6 Å². The number of amides is 2. The van der Waals surface area contributed by atoms with Crippen molar-refractivity contribution in [1.29, 1.82) is 0 Å². The molecule has 3 nitrogen and oxygen atoms in total. The lowest BCUT2D eigenvalue weighted by molar-refractivity contribution is 0.250. The monoisotopic (exact) mass is 314 g/mol. The molecule has 0 bridgehead atoms. The van der Waals surface area contributed by atoms with Crippen molar-refractivity contribution in [2.24, 2.45) is 0 Å². The van der Waals surface area contributed by atoms with Crippen LogP contribution >= 0.6 is 23.1 Å². The molecule has 0 fully saturated rings. The first-order valence-corrected chi connectivity index (χ1v) is 7.52. The highest BCUT2D eigenvalue weighted by Gasteiger charge is 2.11. The number of benzene rings is 1. The van der Waals surface area contributed by atoms with Gasteiger partial charge in [-0.25, -0.2) is 4.79 Å². The minimum atomic E-state index is -2.52. The highest BCUT2D eigenvalue weighted by atomic mass is 32.2. The first-order chi connectivity index (χ1) is 9.65. The fourth-order valence-corrected chi connectivity index (χ4v) is 2.76. The zero-order valence-electron chi connectivity index (χ0n) is 10.3. The molecule has 20 heavy (non-hydrogen) atoms. The van der Waals surface area contributed by atoms with Crippen molar-refractivity contribution in [1.82, 2.24) is 5.32 Å². The maximum Gasteiger partial charge on any atom is 0.319 e. The van der Waals surface area contributed by atoms with Crippen LogP contribution in [0.25, 0.3) is 0 Å². The topological polar surface area (TPSA) is 41.1 Å². The fraction of sp³-hybridized carbons (Fsp3) is 0.154. The van der Waals surface area contributed by atoms with Crippen molar-refractivity contribution in [3.8, 4) is 0 Å². The number of hydrogen-bond acceptors (Lipinski definition) is 3. The van der Waals surface area contributed by atoms with E-state index in [0.29, 0.717) is 28.9 Å². The molecule has 0 aliphatic rings. The molecule has 2 aromatic rings. The number of nitrogens with one attached hydrogen (secondary N) is 2. The Kier molecular flexibility index (Phi) is 5.37. The predicted octanol–water partition coefficient (Wildman–Crippen LogP) is 4.38. The summed E-state index contributed by atoms with van der Waals surface area (Å²) in [5.74, 6) is -2.52. The molecule has 2 rings (SSSR count). The van der Waals surface area contributed by atoms with Crippen molar-refractivity contribution >= 4 is 34.8 Å². The van der Waals surface area contributed by atoms with E-state index in [9.17, 15) is 13.6 Å². The van der Waals surface area contributed by atoms with E-state index < -0.39 is 11.8 Å². The largest absolute Gasteiger partial charge is 0.333 e. The summed E-state index contributed by atoms with van der Waals surface area (Å²) in [6, 6.07) is 9.87. The molecule has 1 aromatic heterocycles. The molecular weight excluding hydrogens is 302 g/mol. The standard InChI is InChI=1S/C13H12F2N2OS2/c14-12(15)20-11-6-2-1-5-10(11)17-13(18)16-8-9-4-3-7-19-9/h1-7,12H,8H2,(H2,16,17,18). The van der Waals surface area contributed by atoms with Crippen molar-refractivity contribution in [3.05, 3.63) is 46.7 Å². The summed E-state index contributed by atoms with van der Waals surface area (Å²) in [7, 11) is 0. The predicted molar refractivity (Wildman–Crippen MR) is 78.5 cm³/mol. The number of thioether (sulfide) groups is 1. The lowest BCUT2D eigenvalue weighted by atomic mass is 10.3. The number of thiophene rings is 1. The fourth-order valence-electron chi connectivity index (χ4n) is 1.52. The van der Waals surface area contributed by atoms with Gasteiger partial charge >= 0.3 is 6.03 Å². The minimum absolute atomic E-state index is 0.341. The van der Waals surface area contributed by atoms with Crippen LogP contribution in [0.1, 0.15) is 4.88 Å². The summed E-state index contributed by atoms with van der Waals surface area (Å²) in [6.45, 7) is 0.410. The second-order valence-corrected chi connectivity index (χ2v) is 5.83. The Morgan fingerprint density at radius 1 is 1.25 bits per heavy atom. The van der Waals surface area contributed by atoms with E-state index in [0.717, 1.165) is 4.88 Å². The minimum Gasteiger partial charge on any atom is -0.333 e. The van der Waals surface area contributed by atoms with Gasteiger partial charge < -0.3 is 10.6 Å². The van der Waals surface area contributed by atoms with Gasteiger partial charge in [-0.2, -0.15) is 8.78 Å². The molecule has 0 saturated carbocycles. The van der Waals surface area contributed by atoms with Crippen molar-refractivity contribution in [2.75, 3.05) is 5.32 Å². The molecule has 1 aromatic carbocycles. The summed E-state index contributed by atoms with van der Waals surface area (Å²) in [4.78, 5) is 13.1. The third-order valence-corrected chi connectivity index (χ3v) is 4.02. The number of urea groups is 1. The lowest BCUT2D eigenvalue weighted by Crippen LogP contribution is -2.28. The van der Waals surface area contributed by atoms with E-state index in [2.05, 4.69) is 10.6 Å². The molecule has 0 spiro atoms. The van der Waals surface area contributed by atoms with Gasteiger partial charge in [-0.15, -0.1) is 11.3 Å². The average molecular weight is 314 g/mol. The third-order valence-electron chi connectivity index (χ3n) is 2.35. The second kappa shape index (κ2) is 7.25. The van der Waals surface area contributed by atoms with Crippen LogP contribution in [0.4, 0.5) is 19.3 Å². The van der Waals surface area contributed by atoms with E-state index in [4.69, 9.17) is 0 Å². The van der Waals surface area contributed by atoms with E-state index >= 15 is 0 Å². The third kappa shape index (κ3) is 4.50. The number of carbonyl (C=O) groups excluding carboxylic acids is 1. The van der Waals surface area contributed by atoms with Crippen LogP contribution in [0.3, 0.4) is 0 Å². The molecule has 0 saturated heterocycles. The SMILES string of the molecule is O=C(NCc1cccs1)Nc1ccccc1SC(F)F. The summed E-state index contributed by atoms with van der Waals surface area (Å²) in [5.41, 5.74) is 0.376. The van der Waals surface area contributed by atoms with Crippen LogP contribution in [-0.4, -0.2) is 11.8 Å². The van der Waals surface area contributed by atoms with Crippen LogP contribution in [-0.2, 0) is 6.54 Å². The molecule has 0 radical (unpaired) electrons. The Balaban J connectivity index is 1.93. The summed E-state index contributed by atoms with van der Waals surface area (Å²) >= 11 is 1.95. The Morgan fingerprint density at radius 2 is 2.05 bits per heavy atom. The van der Waals surface area contributed by atoms with Crippen LogP contribution in [0.15, 0.2) is 46.7 Å². The van der Waals surface area contributed by atoms with E-state index in [1.807, 2.05) is 17.5 Å². The van der Waals surface area contributed by atoms with Gasteiger partial charge in [0, 0.05) is 9.77 Å². The Labute approximate surface area is 123 Å². The Morgan fingerprint density at radius 3 is 2.75 bits per heavy atom. The molecule has 0 aliphatic heterocycles. The number of carbonyl (C=O) groups is 1. The number of hydrogen-bond donors (Lipinski definition) is 2. The summed E-state index contributed by atoms with van der Waals surface area (Å²) in [6.07, 6.45) is 0. The highest BCUT2D eigenvalue weighted by molar-refractivity contribution is 7.99. The number of rotatable bonds is 5. The molecule has 0 unspecified atom stereocenters. The van der Waals surface area contributed by atoms with Gasteiger partial charge in [0.25, 0.3) is 5.76 Å². The molecule has 2 N–H and O–H groups in total. The Bertz CT molecular complexity index is 561. The summed E-state index contributed by atoms with van der Waals surface area (Å²) < 4.78 is 24.8. The number of alkyl halides is 2. The van der Waals surface area contributed by atoms with Gasteiger partial charge in [0.1, 0.15) is 0 Å². The molecule has 0 aliphatic carbocycles. The van der Waals surface area contributed by atoms with Gasteiger partial charge in [0.05, 0.1) is 12.2 Å². The second-order valence-electron chi connectivity index (χ2n) is 3.76. The first kappa shape index (κ1) is 14.8.